The maximum Gasteiger partial charge on any atom is 3.00 e. The average molecular weight is 384 g/mol. The van der Waals surface area contributed by atoms with Crippen LogP contribution < -0.4 is 24.8 Å². The van der Waals surface area contributed by atoms with Crippen LogP contribution in [0.3, 0.4) is 0 Å². The molecule has 4 heteroatoms. The van der Waals surface area contributed by atoms with E-state index in [1.165, 1.54) is 26.4 Å². The molecule has 0 heterocycles. The molecule has 0 aromatic heterocycles. The van der Waals surface area contributed by atoms with Gasteiger partial charge in [0.05, 0.1) is 0 Å². The van der Waals surface area contributed by atoms with Crippen molar-refractivity contribution in [3.63, 3.8) is 0 Å². The summed E-state index contributed by atoms with van der Waals surface area (Å²) in [6, 6.07) is 8.79. The summed E-state index contributed by atoms with van der Waals surface area (Å²) in [7, 11) is 0. The van der Waals surface area contributed by atoms with Crippen molar-refractivity contribution in [2.75, 3.05) is 0 Å². The van der Waals surface area contributed by atoms with E-state index in [9.17, 15) is 0 Å². The Hall–Kier alpha value is 0.773. The smallest absolute Gasteiger partial charge is 1.00 e. The number of hydrogen-bond donors (Lipinski definition) is 0. The molecule has 0 aliphatic heterocycles. The summed E-state index contributed by atoms with van der Waals surface area (Å²) in [6.45, 7) is 4.24. The molecule has 15 heavy (non-hydrogen) atoms. The number of fused-ring (bicyclic) bond motifs is 1. The van der Waals surface area contributed by atoms with Crippen molar-refractivity contribution in [2.45, 2.75) is 13.8 Å². The van der Waals surface area contributed by atoms with Gasteiger partial charge >= 0.3 is 26.2 Å². The Kier molecular flexibility index (Phi) is 8.67. The van der Waals surface area contributed by atoms with Crippen LogP contribution >= 0.6 is 15.9 Å². The van der Waals surface area contributed by atoms with E-state index >= 15 is 0 Å². The first kappa shape index (κ1) is 18.1. The summed E-state index contributed by atoms with van der Waals surface area (Å²) in [6.07, 6.45) is 0. The Balaban J connectivity index is 0. The van der Waals surface area contributed by atoms with E-state index in [0.717, 1.165) is 0 Å². The van der Waals surface area contributed by atoms with Gasteiger partial charge in [0, 0.05) is 0 Å². The fourth-order valence-corrected chi connectivity index (χ4v) is 2.27. The maximum atomic E-state index is 3.56. The van der Waals surface area contributed by atoms with Crippen molar-refractivity contribution in [1.82, 2.24) is 0 Å². The molecule has 0 aliphatic carbocycles. The molecule has 0 fully saturated rings. The van der Waals surface area contributed by atoms with E-state index in [1.54, 1.807) is 0 Å². The molecule has 0 unspecified atom stereocenters. The molecule has 1 radical (unpaired) electrons. The third-order valence-electron chi connectivity index (χ3n) is 2.06. The van der Waals surface area contributed by atoms with Gasteiger partial charge in [-0.1, -0.05) is 34.5 Å². The zero-order valence-electron chi connectivity index (χ0n) is 8.44. The van der Waals surface area contributed by atoms with Crippen molar-refractivity contribution >= 4 is 26.7 Å². The van der Waals surface area contributed by atoms with Crippen LogP contribution in [-0.2, 0) is 26.2 Å². The first-order chi connectivity index (χ1) is 5.66. The van der Waals surface area contributed by atoms with Crippen LogP contribution in [-0.4, -0.2) is 0 Å². The van der Waals surface area contributed by atoms with Crippen molar-refractivity contribution in [3.05, 3.63) is 39.9 Å². The van der Waals surface area contributed by atoms with Crippen molar-refractivity contribution in [1.29, 1.82) is 0 Å². The van der Waals surface area contributed by atoms with Crippen LogP contribution in [0.1, 0.15) is 11.1 Å². The second-order valence-corrected chi connectivity index (χ2v) is 4.14. The molecule has 79 valence electrons. The molecular weight excluding hydrogens is 374 g/mol. The second kappa shape index (κ2) is 7.17. The van der Waals surface area contributed by atoms with Gasteiger partial charge in [-0.2, -0.15) is 6.07 Å². The van der Waals surface area contributed by atoms with Crippen molar-refractivity contribution in [3.8, 4) is 0 Å². The van der Waals surface area contributed by atoms with E-state index in [1.807, 2.05) is 0 Å². The molecule has 0 nitrogen and oxygen atoms in total. The van der Waals surface area contributed by atoms with Gasteiger partial charge in [0.15, 0.2) is 0 Å². The molecule has 2 aromatic rings. The van der Waals surface area contributed by atoms with Gasteiger partial charge in [0.25, 0.3) is 0 Å². The standard InChI is InChI=1S/C11H10Br.2ClH.Zr/c1-7-3-9-4-8(2)6-11(12)10(9)5-7;;;/h3-6H,1-2H3;2*1H;/q-1;;;+3/p-2. The topological polar surface area (TPSA) is 0 Å². The van der Waals surface area contributed by atoms with E-state index in [0.29, 0.717) is 0 Å². The zero-order chi connectivity index (χ0) is 8.72. The predicted molar refractivity (Wildman–Crippen MR) is 56.7 cm³/mol. The van der Waals surface area contributed by atoms with Crippen LogP contribution in [0, 0.1) is 13.8 Å². The largest absolute Gasteiger partial charge is 3.00 e. The third-order valence-corrected chi connectivity index (χ3v) is 2.72. The fraction of sp³-hybridized carbons (Fsp3) is 0.182. The number of benzene rings is 1. The molecule has 0 atom stereocenters. The van der Waals surface area contributed by atoms with Gasteiger partial charge in [-0.05, 0) is 11.4 Å². The molecule has 0 bridgehead atoms. The summed E-state index contributed by atoms with van der Waals surface area (Å²) in [4.78, 5) is 0. The van der Waals surface area contributed by atoms with Crippen LogP contribution in [0.2, 0.25) is 0 Å². The normalized spacial score (nSPS) is 8.73. The average Bonchev–Trinajstić information content (AvgIpc) is 2.29. The predicted octanol–water partition coefficient (Wildman–Crippen LogP) is -2.06. The Morgan fingerprint density at radius 2 is 1.67 bits per heavy atom. The minimum absolute atomic E-state index is 0. The Labute approximate surface area is 130 Å². The summed E-state index contributed by atoms with van der Waals surface area (Å²) >= 11 is 3.56. The van der Waals surface area contributed by atoms with Crippen LogP contribution in [0.25, 0.3) is 10.8 Å². The van der Waals surface area contributed by atoms with Crippen LogP contribution in [0.5, 0.6) is 0 Å². The quantitative estimate of drug-likeness (QED) is 0.459. The van der Waals surface area contributed by atoms with Gasteiger partial charge in [-0.3, -0.25) is 0 Å². The zero-order valence-corrected chi connectivity index (χ0v) is 14.0. The first-order valence-electron chi connectivity index (χ1n) is 4.00. The van der Waals surface area contributed by atoms with Gasteiger partial charge in [0.2, 0.25) is 0 Å². The number of hydrogen-bond acceptors (Lipinski definition) is 0. The van der Waals surface area contributed by atoms with Gasteiger partial charge < -0.3 is 24.8 Å². The van der Waals surface area contributed by atoms with Gasteiger partial charge in [0.1, 0.15) is 0 Å². The van der Waals surface area contributed by atoms with E-state index < -0.39 is 0 Å². The third kappa shape index (κ3) is 3.93. The second-order valence-electron chi connectivity index (χ2n) is 3.28. The van der Waals surface area contributed by atoms with Crippen LogP contribution in [0.4, 0.5) is 0 Å². The van der Waals surface area contributed by atoms with E-state index in [2.05, 4.69) is 54.0 Å². The Morgan fingerprint density at radius 1 is 1.07 bits per heavy atom. The first-order valence-corrected chi connectivity index (χ1v) is 4.79. The van der Waals surface area contributed by atoms with Crippen molar-refractivity contribution < 1.29 is 51.0 Å². The molecule has 0 aliphatic rings. The van der Waals surface area contributed by atoms with Gasteiger partial charge in [-0.15, -0.1) is 28.5 Å². The maximum absolute atomic E-state index is 3.56. The molecule has 0 saturated carbocycles. The molecule has 0 N–H and O–H groups in total. The van der Waals surface area contributed by atoms with E-state index in [-0.39, 0.29) is 51.0 Å². The molecular formula is C11H10BrCl2Zr. The molecule has 0 saturated heterocycles. The Morgan fingerprint density at radius 3 is 2.27 bits per heavy atom. The number of halogens is 3. The minimum atomic E-state index is 0. The number of rotatable bonds is 0. The number of aryl methyl sites for hydroxylation is 2. The molecule has 0 amide bonds. The monoisotopic (exact) mass is 381 g/mol. The Bertz CT molecular complexity index is 437. The molecule has 2 aromatic carbocycles. The SMILES string of the molecule is Cc1cc(Br)c2cc(C)[cH-]c2c1.[Cl-].[Cl-].[Zr+3]. The summed E-state index contributed by atoms with van der Waals surface area (Å²) in [5.41, 5.74) is 2.64. The van der Waals surface area contributed by atoms with Crippen LogP contribution in [0.15, 0.2) is 28.7 Å². The summed E-state index contributed by atoms with van der Waals surface area (Å²) in [5.74, 6) is 0. The summed E-state index contributed by atoms with van der Waals surface area (Å²) < 4.78 is 1.20. The minimum Gasteiger partial charge on any atom is -1.00 e. The van der Waals surface area contributed by atoms with E-state index in [4.69, 9.17) is 0 Å². The van der Waals surface area contributed by atoms with Gasteiger partial charge in [-0.25, -0.2) is 0 Å². The fourth-order valence-electron chi connectivity index (χ4n) is 1.57. The van der Waals surface area contributed by atoms with Crippen molar-refractivity contribution in [2.24, 2.45) is 0 Å². The molecule has 2 rings (SSSR count). The summed E-state index contributed by atoms with van der Waals surface area (Å²) in [5, 5.41) is 2.65. The molecule has 0 spiro atoms.